The molecule has 1 aromatic heterocycles. The third kappa shape index (κ3) is 1.88. The maximum absolute atomic E-state index is 12.1. The first-order valence-electron chi connectivity index (χ1n) is 6.16. The first-order chi connectivity index (χ1) is 9.93. The molecule has 0 bridgehead atoms. The molecule has 1 aromatic carbocycles. The Morgan fingerprint density at radius 3 is 2.90 bits per heavy atom. The van der Waals surface area contributed by atoms with E-state index in [-0.39, 0.29) is 23.6 Å². The first-order valence-corrected chi connectivity index (χ1v) is 6.16. The van der Waals surface area contributed by atoms with E-state index in [4.69, 9.17) is 4.52 Å². The fraction of sp³-hybridized carbons (Fsp3) is 0.231. The zero-order valence-electron chi connectivity index (χ0n) is 11.0. The number of hydrogen-bond acceptors (Lipinski definition) is 6. The maximum Gasteiger partial charge on any atom is 0.334 e. The molecule has 1 amide bonds. The van der Waals surface area contributed by atoms with E-state index in [9.17, 15) is 20.0 Å². The Bertz CT molecular complexity index is 754. The molecule has 3 rings (SSSR count). The number of hydrogen-bond donors (Lipinski definition) is 2. The van der Waals surface area contributed by atoms with Crippen LogP contribution in [0.1, 0.15) is 17.0 Å². The van der Waals surface area contributed by atoms with Gasteiger partial charge < -0.3 is 14.9 Å². The fourth-order valence-electron chi connectivity index (χ4n) is 2.47. The number of aromatic nitrogens is 1. The topological polar surface area (TPSA) is 118 Å². The monoisotopic (exact) mass is 289 g/mol. The minimum atomic E-state index is -1.91. The van der Waals surface area contributed by atoms with Gasteiger partial charge in [-0.2, -0.15) is 0 Å². The molecule has 1 atom stereocenters. The van der Waals surface area contributed by atoms with E-state index in [1.807, 2.05) is 0 Å². The standard InChI is InChI=1S/C13H11N3O5/c1-7-11(16(19)20)10(21-15-7)6-13(18)8-4-2-3-5-9(8)14-12(13)17/h2-5,18H,6H2,1H3,(H,14,17). The highest BCUT2D eigenvalue weighted by atomic mass is 16.6. The number of para-hydroxylation sites is 1. The number of carbonyl (C=O) groups excluding carboxylic acids is 1. The average molecular weight is 289 g/mol. The number of benzene rings is 1. The number of nitrogens with one attached hydrogen (secondary N) is 1. The summed E-state index contributed by atoms with van der Waals surface area (Å²) in [5, 5.41) is 27.8. The van der Waals surface area contributed by atoms with E-state index in [2.05, 4.69) is 10.5 Å². The quantitative estimate of drug-likeness (QED) is 0.648. The number of aryl methyl sites for hydroxylation is 1. The second-order valence-electron chi connectivity index (χ2n) is 4.83. The zero-order chi connectivity index (χ0) is 15.2. The number of fused-ring (bicyclic) bond motifs is 1. The summed E-state index contributed by atoms with van der Waals surface area (Å²) in [6.07, 6.45) is -0.354. The summed E-state index contributed by atoms with van der Waals surface area (Å²) < 4.78 is 4.92. The SMILES string of the molecule is Cc1noc(CC2(O)C(=O)Nc3ccccc32)c1[N+](=O)[O-]. The van der Waals surface area contributed by atoms with E-state index in [0.29, 0.717) is 11.3 Å². The number of anilines is 1. The van der Waals surface area contributed by atoms with Crippen LogP contribution in [0.3, 0.4) is 0 Å². The Balaban J connectivity index is 2.06. The molecule has 21 heavy (non-hydrogen) atoms. The Kier molecular flexibility index (Phi) is 2.77. The van der Waals surface area contributed by atoms with Crippen LogP contribution in [0, 0.1) is 17.0 Å². The van der Waals surface area contributed by atoms with Crippen LogP contribution < -0.4 is 5.32 Å². The van der Waals surface area contributed by atoms with Gasteiger partial charge in [0.15, 0.2) is 11.3 Å². The molecule has 2 N–H and O–H groups in total. The van der Waals surface area contributed by atoms with Crippen molar-refractivity contribution >= 4 is 17.3 Å². The highest BCUT2D eigenvalue weighted by Crippen LogP contribution is 2.39. The van der Waals surface area contributed by atoms with Gasteiger partial charge in [-0.25, -0.2) is 0 Å². The van der Waals surface area contributed by atoms with E-state index < -0.39 is 16.4 Å². The van der Waals surface area contributed by atoms with Gasteiger partial charge >= 0.3 is 5.69 Å². The smallest absolute Gasteiger partial charge is 0.334 e. The number of nitrogens with zero attached hydrogens (tertiary/aromatic N) is 2. The second kappa shape index (κ2) is 4.38. The van der Waals surface area contributed by atoms with Crippen molar-refractivity contribution in [1.82, 2.24) is 5.16 Å². The highest BCUT2D eigenvalue weighted by molar-refractivity contribution is 6.05. The molecule has 1 aliphatic rings. The van der Waals surface area contributed by atoms with Crippen molar-refractivity contribution in [3.05, 3.63) is 51.4 Å². The summed E-state index contributed by atoms with van der Waals surface area (Å²) in [5.41, 5.74) is -1.29. The summed E-state index contributed by atoms with van der Waals surface area (Å²) in [7, 11) is 0. The Morgan fingerprint density at radius 2 is 2.19 bits per heavy atom. The van der Waals surface area contributed by atoms with Crippen LogP contribution in [0.4, 0.5) is 11.4 Å². The Hall–Kier alpha value is -2.74. The minimum absolute atomic E-state index is 0.102. The van der Waals surface area contributed by atoms with E-state index >= 15 is 0 Å². The van der Waals surface area contributed by atoms with Gasteiger partial charge in [0.1, 0.15) is 0 Å². The van der Waals surface area contributed by atoms with Crippen LogP contribution >= 0.6 is 0 Å². The lowest BCUT2D eigenvalue weighted by molar-refractivity contribution is -0.386. The third-order valence-corrected chi connectivity index (χ3v) is 3.50. The molecule has 8 nitrogen and oxygen atoms in total. The summed E-state index contributed by atoms with van der Waals surface area (Å²) >= 11 is 0. The second-order valence-corrected chi connectivity index (χ2v) is 4.83. The Labute approximate surface area is 118 Å². The van der Waals surface area contributed by atoms with Crippen LogP contribution in [-0.4, -0.2) is 21.1 Å². The highest BCUT2D eigenvalue weighted by Gasteiger charge is 2.47. The van der Waals surface area contributed by atoms with E-state index in [1.54, 1.807) is 24.3 Å². The number of amides is 1. The van der Waals surface area contributed by atoms with Crippen molar-refractivity contribution < 1.29 is 19.3 Å². The molecular formula is C13H11N3O5. The summed E-state index contributed by atoms with van der Waals surface area (Å²) in [5.74, 6) is -0.779. The molecule has 1 unspecified atom stereocenters. The van der Waals surface area contributed by atoms with Crippen molar-refractivity contribution in [3.63, 3.8) is 0 Å². The molecule has 1 aliphatic heterocycles. The van der Waals surface area contributed by atoms with Gasteiger partial charge in [-0.15, -0.1) is 0 Å². The van der Waals surface area contributed by atoms with Gasteiger partial charge in [-0.05, 0) is 13.0 Å². The number of nitro groups is 1. The predicted octanol–water partition coefficient (Wildman–Crippen LogP) is 1.27. The predicted molar refractivity (Wildman–Crippen MR) is 70.6 cm³/mol. The lowest BCUT2D eigenvalue weighted by atomic mass is 9.90. The van der Waals surface area contributed by atoms with Crippen molar-refractivity contribution in [1.29, 1.82) is 0 Å². The summed E-state index contributed by atoms with van der Waals surface area (Å²) in [6, 6.07) is 6.61. The van der Waals surface area contributed by atoms with Gasteiger partial charge in [0.2, 0.25) is 5.76 Å². The van der Waals surface area contributed by atoms with E-state index in [1.165, 1.54) is 6.92 Å². The van der Waals surface area contributed by atoms with Crippen LogP contribution in [0.2, 0.25) is 0 Å². The molecule has 0 aliphatic carbocycles. The van der Waals surface area contributed by atoms with Gasteiger partial charge in [0.25, 0.3) is 5.91 Å². The molecule has 0 spiro atoms. The number of aliphatic hydroxyl groups is 1. The van der Waals surface area contributed by atoms with Gasteiger partial charge in [-0.3, -0.25) is 14.9 Å². The van der Waals surface area contributed by atoms with E-state index in [0.717, 1.165) is 0 Å². The van der Waals surface area contributed by atoms with Crippen LogP contribution in [-0.2, 0) is 16.8 Å². The summed E-state index contributed by atoms with van der Waals surface area (Å²) in [6.45, 7) is 1.43. The lowest BCUT2D eigenvalue weighted by Gasteiger charge is -2.18. The number of rotatable bonds is 3. The maximum atomic E-state index is 12.1. The fourth-order valence-corrected chi connectivity index (χ4v) is 2.47. The molecule has 0 radical (unpaired) electrons. The van der Waals surface area contributed by atoms with Crippen molar-refractivity contribution in [3.8, 4) is 0 Å². The van der Waals surface area contributed by atoms with Crippen LogP contribution in [0.15, 0.2) is 28.8 Å². The largest absolute Gasteiger partial charge is 0.375 e. The summed E-state index contributed by atoms with van der Waals surface area (Å²) in [4.78, 5) is 22.4. The van der Waals surface area contributed by atoms with Crippen LogP contribution in [0.5, 0.6) is 0 Å². The molecule has 0 fully saturated rings. The first kappa shape index (κ1) is 13.3. The third-order valence-electron chi connectivity index (χ3n) is 3.50. The van der Waals surface area contributed by atoms with Gasteiger partial charge in [0.05, 0.1) is 11.3 Å². The molecule has 8 heteroatoms. The average Bonchev–Trinajstić information content (AvgIpc) is 2.90. The van der Waals surface area contributed by atoms with Crippen molar-refractivity contribution in [2.75, 3.05) is 5.32 Å². The normalized spacial score (nSPS) is 20.2. The molecule has 0 saturated carbocycles. The molecular weight excluding hydrogens is 278 g/mol. The molecule has 108 valence electrons. The molecule has 2 heterocycles. The van der Waals surface area contributed by atoms with Crippen LogP contribution in [0.25, 0.3) is 0 Å². The lowest BCUT2D eigenvalue weighted by Crippen LogP contribution is -2.36. The van der Waals surface area contributed by atoms with Gasteiger partial charge in [-0.1, -0.05) is 23.4 Å². The zero-order valence-corrected chi connectivity index (χ0v) is 11.0. The van der Waals surface area contributed by atoms with Gasteiger partial charge in [0, 0.05) is 11.3 Å². The molecule has 2 aromatic rings. The Morgan fingerprint density at radius 1 is 1.48 bits per heavy atom. The van der Waals surface area contributed by atoms with Crippen molar-refractivity contribution in [2.24, 2.45) is 0 Å². The minimum Gasteiger partial charge on any atom is -0.375 e. The number of carbonyl (C=O) groups is 1. The molecule has 0 saturated heterocycles. The van der Waals surface area contributed by atoms with Crippen molar-refractivity contribution in [2.45, 2.75) is 18.9 Å².